The third-order valence-corrected chi connectivity index (χ3v) is 8.28. The number of hydrogen-bond acceptors (Lipinski definition) is 8. The predicted molar refractivity (Wildman–Crippen MR) is 194 cm³/mol. The molecule has 0 aliphatic carbocycles. The highest BCUT2D eigenvalue weighted by atomic mass is 32.1. The Morgan fingerprint density at radius 1 is 0.682 bits per heavy atom. The quantitative estimate of drug-likeness (QED) is 0.0512. The fourth-order valence-electron chi connectivity index (χ4n) is 4.63. The lowest BCUT2D eigenvalue weighted by molar-refractivity contribution is -0.130. The van der Waals surface area contributed by atoms with Gasteiger partial charge >= 0.3 is 0 Å². The molecule has 254 valence electrons. The molecule has 0 aromatic heterocycles. The first-order valence-corrected chi connectivity index (χ1v) is 18.8. The number of unbranched alkanes of at least 4 members (excludes halogenated alkanes) is 10. The Morgan fingerprint density at radius 2 is 1.16 bits per heavy atom. The molecule has 0 unspecified atom stereocenters. The van der Waals surface area contributed by atoms with Crippen molar-refractivity contribution in [1.29, 1.82) is 0 Å². The molecule has 1 aromatic carbocycles. The molecular formula is C34H60N2O5S3. The minimum atomic E-state index is -0.137. The maximum absolute atomic E-state index is 13.1. The van der Waals surface area contributed by atoms with Crippen LogP contribution in [0.3, 0.4) is 0 Å². The van der Waals surface area contributed by atoms with E-state index in [1.54, 1.807) is 12.1 Å². The fraction of sp³-hybridized carbons (Fsp3) is 0.765. The molecule has 0 spiro atoms. The van der Waals surface area contributed by atoms with Crippen LogP contribution in [0, 0.1) is 0 Å². The SMILES string of the molecule is CCCCC(=O)N(C)CCCCCCCCCCCCNC(=O)c1cc(OCCCS)c(OCCCS)c(OCCCS)c1. The monoisotopic (exact) mass is 672 g/mol. The van der Waals surface area contributed by atoms with E-state index in [2.05, 4.69) is 50.1 Å². The van der Waals surface area contributed by atoms with E-state index in [9.17, 15) is 9.59 Å². The lowest BCUT2D eigenvalue weighted by atomic mass is 10.1. The normalized spacial score (nSPS) is 10.9. The van der Waals surface area contributed by atoms with E-state index in [0.717, 1.165) is 57.9 Å². The first kappa shape index (κ1) is 40.6. The summed E-state index contributed by atoms with van der Waals surface area (Å²) < 4.78 is 18.0. The Morgan fingerprint density at radius 3 is 1.66 bits per heavy atom. The van der Waals surface area contributed by atoms with Crippen LogP contribution >= 0.6 is 37.9 Å². The summed E-state index contributed by atoms with van der Waals surface area (Å²) in [6, 6.07) is 3.50. The van der Waals surface area contributed by atoms with Crippen molar-refractivity contribution in [3.8, 4) is 17.2 Å². The molecule has 0 radical (unpaired) electrons. The van der Waals surface area contributed by atoms with E-state index in [1.165, 1.54) is 44.9 Å². The van der Waals surface area contributed by atoms with E-state index in [0.29, 0.717) is 72.9 Å². The van der Waals surface area contributed by atoms with Gasteiger partial charge in [0, 0.05) is 32.1 Å². The van der Waals surface area contributed by atoms with Crippen LogP contribution in [0.2, 0.25) is 0 Å². The average molecular weight is 673 g/mol. The average Bonchev–Trinajstić information content (AvgIpc) is 3.02. The van der Waals surface area contributed by atoms with Crippen LogP contribution in [0.15, 0.2) is 12.1 Å². The summed E-state index contributed by atoms with van der Waals surface area (Å²) in [5.74, 6) is 3.85. The van der Waals surface area contributed by atoms with E-state index < -0.39 is 0 Å². The number of ether oxygens (including phenoxy) is 3. The molecule has 1 N–H and O–H groups in total. The van der Waals surface area contributed by atoms with Crippen molar-refractivity contribution in [3.63, 3.8) is 0 Å². The standard InChI is InChI=1S/C34H60N2O5S3/c1-3-4-18-32(37)36(2)20-14-12-10-8-6-5-7-9-11-13-19-35-34(38)29-27-30(39-21-15-24-42)33(41-23-17-26-44)31(28-29)40-22-16-25-43/h27-28,42-44H,3-26H2,1-2H3,(H,35,38). The van der Waals surface area contributed by atoms with Gasteiger partial charge in [0.2, 0.25) is 11.7 Å². The third-order valence-electron chi connectivity index (χ3n) is 7.33. The summed E-state index contributed by atoms with van der Waals surface area (Å²) in [6.45, 7) is 5.09. The third kappa shape index (κ3) is 19.2. The van der Waals surface area contributed by atoms with Crippen LogP contribution in [0.25, 0.3) is 0 Å². The number of hydrogen-bond donors (Lipinski definition) is 4. The van der Waals surface area contributed by atoms with E-state index in [-0.39, 0.29) is 11.8 Å². The second-order valence-corrected chi connectivity index (χ2v) is 12.6. The number of thiol groups is 3. The van der Waals surface area contributed by atoms with Crippen LogP contribution in [0.1, 0.15) is 120 Å². The maximum Gasteiger partial charge on any atom is 0.251 e. The van der Waals surface area contributed by atoms with Crippen molar-refractivity contribution < 1.29 is 23.8 Å². The minimum Gasteiger partial charge on any atom is -0.489 e. The van der Waals surface area contributed by atoms with Crippen molar-refractivity contribution in [2.24, 2.45) is 0 Å². The molecule has 0 aliphatic rings. The molecule has 2 amide bonds. The van der Waals surface area contributed by atoms with Gasteiger partial charge in [-0.05, 0) is 67.9 Å². The van der Waals surface area contributed by atoms with Crippen molar-refractivity contribution in [2.75, 3.05) is 57.2 Å². The molecule has 0 saturated carbocycles. The predicted octanol–water partition coefficient (Wildman–Crippen LogP) is 8.06. The Kier molecular flexibility index (Phi) is 25.7. The molecule has 0 heterocycles. The van der Waals surface area contributed by atoms with Crippen LogP contribution in [-0.2, 0) is 4.79 Å². The summed E-state index contributed by atoms with van der Waals surface area (Å²) in [5.41, 5.74) is 0.503. The van der Waals surface area contributed by atoms with Gasteiger partial charge in [0.15, 0.2) is 11.5 Å². The molecule has 7 nitrogen and oxygen atoms in total. The highest BCUT2D eigenvalue weighted by Crippen LogP contribution is 2.39. The first-order valence-electron chi connectivity index (χ1n) is 16.9. The Labute approximate surface area is 284 Å². The Bertz CT molecular complexity index is 859. The summed E-state index contributed by atoms with van der Waals surface area (Å²) in [7, 11) is 1.93. The van der Waals surface area contributed by atoms with Gasteiger partial charge in [0.1, 0.15) is 0 Å². The number of rotatable bonds is 29. The van der Waals surface area contributed by atoms with E-state index >= 15 is 0 Å². The highest BCUT2D eigenvalue weighted by molar-refractivity contribution is 7.80. The highest BCUT2D eigenvalue weighted by Gasteiger charge is 2.19. The van der Waals surface area contributed by atoms with Crippen molar-refractivity contribution >= 4 is 49.7 Å². The van der Waals surface area contributed by atoms with Gasteiger partial charge in [0.25, 0.3) is 5.91 Å². The zero-order valence-corrected chi connectivity index (χ0v) is 30.1. The molecule has 0 atom stereocenters. The second kappa shape index (κ2) is 27.9. The van der Waals surface area contributed by atoms with Gasteiger partial charge in [-0.2, -0.15) is 37.9 Å². The number of nitrogens with one attached hydrogen (secondary N) is 1. The smallest absolute Gasteiger partial charge is 0.251 e. The van der Waals surface area contributed by atoms with Crippen LogP contribution in [0.4, 0.5) is 0 Å². The zero-order chi connectivity index (χ0) is 32.3. The molecule has 0 saturated heterocycles. The largest absolute Gasteiger partial charge is 0.489 e. The number of carbonyl (C=O) groups is 2. The van der Waals surface area contributed by atoms with Gasteiger partial charge in [0.05, 0.1) is 19.8 Å². The second-order valence-electron chi connectivity index (χ2n) is 11.3. The molecule has 10 heteroatoms. The summed E-state index contributed by atoms with van der Waals surface area (Å²) in [4.78, 5) is 26.9. The maximum atomic E-state index is 13.1. The summed E-state index contributed by atoms with van der Waals surface area (Å²) in [5, 5.41) is 3.07. The van der Waals surface area contributed by atoms with Crippen molar-refractivity contribution in [2.45, 2.75) is 110 Å². The van der Waals surface area contributed by atoms with Gasteiger partial charge in [-0.25, -0.2) is 0 Å². The van der Waals surface area contributed by atoms with Gasteiger partial charge < -0.3 is 24.4 Å². The lowest BCUT2D eigenvalue weighted by Crippen LogP contribution is -2.27. The molecule has 1 aromatic rings. The molecule has 1 rings (SSSR count). The fourth-order valence-corrected chi connectivity index (χ4v) is 5.02. The van der Waals surface area contributed by atoms with Gasteiger partial charge in [-0.3, -0.25) is 9.59 Å². The number of benzene rings is 1. The topological polar surface area (TPSA) is 77.1 Å². The van der Waals surface area contributed by atoms with Crippen LogP contribution < -0.4 is 19.5 Å². The molecule has 0 aliphatic heterocycles. The molecule has 0 bridgehead atoms. The van der Waals surface area contributed by atoms with E-state index in [1.807, 2.05) is 11.9 Å². The zero-order valence-electron chi connectivity index (χ0n) is 27.5. The number of nitrogens with zero attached hydrogens (tertiary/aromatic N) is 1. The number of amides is 2. The number of carbonyl (C=O) groups excluding carboxylic acids is 2. The first-order chi connectivity index (χ1) is 21.5. The van der Waals surface area contributed by atoms with Crippen LogP contribution in [0.5, 0.6) is 17.2 Å². The van der Waals surface area contributed by atoms with E-state index in [4.69, 9.17) is 14.2 Å². The van der Waals surface area contributed by atoms with Gasteiger partial charge in [-0.1, -0.05) is 64.7 Å². The molecule has 44 heavy (non-hydrogen) atoms. The Balaban J connectivity index is 2.38. The molecule has 0 fully saturated rings. The summed E-state index contributed by atoms with van der Waals surface area (Å²) >= 11 is 12.8. The van der Waals surface area contributed by atoms with Crippen molar-refractivity contribution in [3.05, 3.63) is 17.7 Å². The molecular weight excluding hydrogens is 613 g/mol. The Hall–Kier alpha value is -1.39. The minimum absolute atomic E-state index is 0.137. The van der Waals surface area contributed by atoms with Crippen LogP contribution in [-0.4, -0.2) is 73.9 Å². The lowest BCUT2D eigenvalue weighted by Gasteiger charge is -2.18. The van der Waals surface area contributed by atoms with Gasteiger partial charge in [-0.15, -0.1) is 0 Å². The van der Waals surface area contributed by atoms with Crippen molar-refractivity contribution in [1.82, 2.24) is 10.2 Å². The summed E-state index contributed by atoms with van der Waals surface area (Å²) in [6.07, 6.45) is 16.9.